The van der Waals surface area contributed by atoms with E-state index in [-0.39, 0.29) is 17.6 Å². The summed E-state index contributed by atoms with van der Waals surface area (Å²) in [6, 6.07) is 14.9. The second kappa shape index (κ2) is 8.67. The minimum atomic E-state index is -0.344. The van der Waals surface area contributed by atoms with Gasteiger partial charge in [0, 0.05) is 39.3 Å². The number of hydrogen-bond donors (Lipinski definition) is 1. The van der Waals surface area contributed by atoms with Gasteiger partial charge in [0.1, 0.15) is 0 Å². The minimum Gasteiger partial charge on any atom is -0.494 e. The van der Waals surface area contributed by atoms with Crippen molar-refractivity contribution in [1.29, 1.82) is 0 Å². The van der Waals surface area contributed by atoms with Crippen molar-refractivity contribution >= 4 is 6.03 Å². The molecule has 0 radical (unpaired) electrons. The summed E-state index contributed by atoms with van der Waals surface area (Å²) in [6.45, 7) is 4.07. The maximum atomic E-state index is 13.8. The van der Waals surface area contributed by atoms with E-state index in [4.69, 9.17) is 4.74 Å². The fourth-order valence-electron chi connectivity index (χ4n) is 3.06. The SMILES string of the molecule is COc1ccc(CN2CCN(C(=O)NCc3ccccc3)CC2)cc1F. The molecule has 6 heteroatoms. The maximum absolute atomic E-state index is 13.8. The fourth-order valence-corrected chi connectivity index (χ4v) is 3.06. The lowest BCUT2D eigenvalue weighted by Gasteiger charge is -2.34. The third-order valence-corrected chi connectivity index (χ3v) is 4.57. The quantitative estimate of drug-likeness (QED) is 0.895. The molecule has 1 aliphatic heterocycles. The molecule has 2 amide bonds. The van der Waals surface area contributed by atoms with Gasteiger partial charge in [-0.1, -0.05) is 36.4 Å². The first-order valence-electron chi connectivity index (χ1n) is 8.77. The molecular formula is C20H24FN3O2. The van der Waals surface area contributed by atoms with Crippen molar-refractivity contribution in [3.05, 3.63) is 65.5 Å². The van der Waals surface area contributed by atoms with Gasteiger partial charge in [-0.3, -0.25) is 4.90 Å². The number of ether oxygens (including phenoxy) is 1. The molecule has 0 bridgehead atoms. The highest BCUT2D eigenvalue weighted by Gasteiger charge is 2.21. The van der Waals surface area contributed by atoms with Gasteiger partial charge in [-0.15, -0.1) is 0 Å². The van der Waals surface area contributed by atoms with Crippen LogP contribution in [0.25, 0.3) is 0 Å². The Labute approximate surface area is 153 Å². The van der Waals surface area contributed by atoms with Crippen LogP contribution in [0.5, 0.6) is 5.75 Å². The van der Waals surface area contributed by atoms with Crippen LogP contribution in [0.3, 0.4) is 0 Å². The van der Waals surface area contributed by atoms with Crippen molar-refractivity contribution in [2.75, 3.05) is 33.3 Å². The van der Waals surface area contributed by atoms with Gasteiger partial charge in [-0.25, -0.2) is 9.18 Å². The Morgan fingerprint density at radius 2 is 1.81 bits per heavy atom. The van der Waals surface area contributed by atoms with Gasteiger partial charge in [-0.2, -0.15) is 0 Å². The predicted molar refractivity (Wildman–Crippen MR) is 98.5 cm³/mol. The van der Waals surface area contributed by atoms with Gasteiger partial charge in [-0.05, 0) is 23.3 Å². The number of methoxy groups -OCH3 is 1. The zero-order valence-electron chi connectivity index (χ0n) is 15.0. The van der Waals surface area contributed by atoms with Crippen LogP contribution in [0.15, 0.2) is 48.5 Å². The number of nitrogens with zero attached hydrogens (tertiary/aromatic N) is 2. The Kier molecular flexibility index (Phi) is 6.07. The normalized spacial score (nSPS) is 14.9. The van der Waals surface area contributed by atoms with Gasteiger partial charge < -0.3 is 15.0 Å². The van der Waals surface area contributed by atoms with Crippen molar-refractivity contribution < 1.29 is 13.9 Å². The number of rotatable bonds is 5. The Hall–Kier alpha value is -2.60. The summed E-state index contributed by atoms with van der Waals surface area (Å²) in [5.74, 6) is -0.0856. The van der Waals surface area contributed by atoms with E-state index >= 15 is 0 Å². The average Bonchev–Trinajstić information content (AvgIpc) is 2.68. The van der Waals surface area contributed by atoms with E-state index in [0.717, 1.165) is 24.2 Å². The topological polar surface area (TPSA) is 44.8 Å². The van der Waals surface area contributed by atoms with Gasteiger partial charge >= 0.3 is 6.03 Å². The van der Waals surface area contributed by atoms with Crippen LogP contribution < -0.4 is 10.1 Å². The first-order valence-corrected chi connectivity index (χ1v) is 8.77. The summed E-state index contributed by atoms with van der Waals surface area (Å²) in [6.07, 6.45) is 0. The number of amides is 2. The minimum absolute atomic E-state index is 0.0380. The standard InChI is InChI=1S/C20H24FN3O2/c1-26-19-8-7-17(13-18(19)21)15-23-9-11-24(12-10-23)20(25)22-14-16-5-3-2-4-6-16/h2-8,13H,9-12,14-15H2,1H3,(H,22,25). The summed E-state index contributed by atoms with van der Waals surface area (Å²) in [5.41, 5.74) is 1.99. The molecule has 3 rings (SSSR count). The molecule has 1 saturated heterocycles. The monoisotopic (exact) mass is 357 g/mol. The molecule has 0 aliphatic carbocycles. The van der Waals surface area contributed by atoms with Crippen LogP contribution in [0.4, 0.5) is 9.18 Å². The largest absolute Gasteiger partial charge is 0.494 e. The van der Waals surface area contributed by atoms with Crippen molar-refractivity contribution in [2.24, 2.45) is 0 Å². The molecule has 2 aromatic rings. The summed E-state index contributed by atoms with van der Waals surface area (Å²) >= 11 is 0. The van der Waals surface area contributed by atoms with Crippen LogP contribution in [0.1, 0.15) is 11.1 Å². The first kappa shape index (κ1) is 18.2. The van der Waals surface area contributed by atoms with Crippen LogP contribution >= 0.6 is 0 Å². The molecule has 5 nitrogen and oxygen atoms in total. The van der Waals surface area contributed by atoms with Gasteiger partial charge in [0.15, 0.2) is 11.6 Å². The molecule has 1 fully saturated rings. The van der Waals surface area contributed by atoms with E-state index < -0.39 is 0 Å². The molecule has 0 atom stereocenters. The third kappa shape index (κ3) is 4.73. The lowest BCUT2D eigenvalue weighted by Crippen LogP contribution is -2.51. The Bertz CT molecular complexity index is 731. The fraction of sp³-hybridized carbons (Fsp3) is 0.350. The molecule has 0 spiro atoms. The molecule has 26 heavy (non-hydrogen) atoms. The molecule has 0 aromatic heterocycles. The van der Waals surface area contributed by atoms with Crippen LogP contribution in [0.2, 0.25) is 0 Å². The number of carbonyl (C=O) groups excluding carboxylic acids is 1. The molecular weight excluding hydrogens is 333 g/mol. The number of benzene rings is 2. The summed E-state index contributed by atoms with van der Waals surface area (Å²) in [5, 5.41) is 2.96. The van der Waals surface area contributed by atoms with Crippen LogP contribution in [-0.2, 0) is 13.1 Å². The zero-order chi connectivity index (χ0) is 18.4. The van der Waals surface area contributed by atoms with E-state index in [9.17, 15) is 9.18 Å². The highest BCUT2D eigenvalue weighted by molar-refractivity contribution is 5.74. The first-order chi connectivity index (χ1) is 12.7. The number of urea groups is 1. The molecule has 2 aromatic carbocycles. The van der Waals surface area contributed by atoms with E-state index in [1.54, 1.807) is 6.07 Å². The van der Waals surface area contributed by atoms with Crippen molar-refractivity contribution in [2.45, 2.75) is 13.1 Å². The zero-order valence-corrected chi connectivity index (χ0v) is 15.0. The number of halogens is 1. The lowest BCUT2D eigenvalue weighted by atomic mass is 10.2. The number of carbonyl (C=O) groups is 1. The molecule has 0 saturated carbocycles. The smallest absolute Gasteiger partial charge is 0.317 e. The van der Waals surface area contributed by atoms with E-state index in [1.165, 1.54) is 13.2 Å². The molecule has 1 aliphatic rings. The Morgan fingerprint density at radius 3 is 2.46 bits per heavy atom. The summed E-state index contributed by atoms with van der Waals surface area (Å²) in [4.78, 5) is 16.3. The van der Waals surface area contributed by atoms with E-state index in [0.29, 0.717) is 26.2 Å². The van der Waals surface area contributed by atoms with Crippen LogP contribution in [-0.4, -0.2) is 49.1 Å². The van der Waals surface area contributed by atoms with Crippen molar-refractivity contribution in [3.8, 4) is 5.75 Å². The van der Waals surface area contributed by atoms with Crippen LogP contribution in [0, 0.1) is 5.82 Å². The maximum Gasteiger partial charge on any atom is 0.317 e. The second-order valence-electron chi connectivity index (χ2n) is 6.38. The van der Waals surface area contributed by atoms with Gasteiger partial charge in [0.2, 0.25) is 0 Å². The Balaban J connectivity index is 1.45. The summed E-state index contributed by atoms with van der Waals surface area (Å²) < 4.78 is 18.7. The second-order valence-corrected chi connectivity index (χ2v) is 6.38. The van der Waals surface area contributed by atoms with Crippen molar-refractivity contribution in [3.63, 3.8) is 0 Å². The van der Waals surface area contributed by atoms with E-state index in [2.05, 4.69) is 10.2 Å². The van der Waals surface area contributed by atoms with Crippen molar-refractivity contribution in [1.82, 2.24) is 15.1 Å². The average molecular weight is 357 g/mol. The number of nitrogens with one attached hydrogen (secondary N) is 1. The highest BCUT2D eigenvalue weighted by atomic mass is 19.1. The number of hydrogen-bond acceptors (Lipinski definition) is 3. The molecule has 138 valence electrons. The number of piperazine rings is 1. The Morgan fingerprint density at radius 1 is 1.08 bits per heavy atom. The summed E-state index contributed by atoms with van der Waals surface area (Å²) in [7, 11) is 1.46. The third-order valence-electron chi connectivity index (χ3n) is 4.57. The lowest BCUT2D eigenvalue weighted by molar-refractivity contribution is 0.135. The molecule has 1 heterocycles. The van der Waals surface area contributed by atoms with E-state index in [1.807, 2.05) is 41.3 Å². The van der Waals surface area contributed by atoms with Gasteiger partial charge in [0.05, 0.1) is 7.11 Å². The predicted octanol–water partition coefficient (Wildman–Crippen LogP) is 2.86. The van der Waals surface area contributed by atoms with Gasteiger partial charge in [0.25, 0.3) is 0 Å². The molecule has 1 N–H and O–H groups in total. The molecule has 0 unspecified atom stereocenters. The highest BCUT2D eigenvalue weighted by Crippen LogP contribution is 2.19.